The molecule has 1 atom stereocenters. The van der Waals surface area contributed by atoms with Crippen LogP contribution < -0.4 is 5.32 Å². The Hall–Kier alpha value is -1.29. The van der Waals surface area contributed by atoms with Crippen molar-refractivity contribution in [2.75, 3.05) is 6.54 Å². The predicted molar refractivity (Wildman–Crippen MR) is 65.0 cm³/mol. The minimum absolute atomic E-state index is 0.0638. The molecule has 2 rings (SSSR count). The quantitative estimate of drug-likeness (QED) is 0.861. The Morgan fingerprint density at radius 1 is 1.38 bits per heavy atom. The van der Waals surface area contributed by atoms with E-state index in [0.717, 1.165) is 5.56 Å². The summed E-state index contributed by atoms with van der Waals surface area (Å²) in [6.07, 6.45) is 1.49. The number of alkyl halides is 1. The minimum atomic E-state index is -0.0984. The van der Waals surface area contributed by atoms with Crippen molar-refractivity contribution in [1.29, 1.82) is 0 Å². The van der Waals surface area contributed by atoms with E-state index in [1.54, 1.807) is 0 Å². The third-order valence-corrected chi connectivity index (χ3v) is 3.06. The van der Waals surface area contributed by atoms with Crippen molar-refractivity contribution in [1.82, 2.24) is 5.32 Å². The van der Waals surface area contributed by atoms with Gasteiger partial charge in [-0.1, -0.05) is 46.3 Å². The Labute approximate surface area is 103 Å². The fraction of sp³-hybridized carbons (Fsp3) is 0.250. The van der Waals surface area contributed by atoms with Crippen molar-refractivity contribution >= 4 is 21.8 Å². The molecule has 1 aromatic carbocycles. The molecule has 0 radical (unpaired) electrons. The van der Waals surface area contributed by atoms with Crippen LogP contribution in [0, 0.1) is 0 Å². The third kappa shape index (κ3) is 2.85. The topological polar surface area (TPSA) is 38.3 Å². The van der Waals surface area contributed by atoms with Gasteiger partial charge >= 0.3 is 0 Å². The van der Waals surface area contributed by atoms with Gasteiger partial charge in [0.2, 0.25) is 5.91 Å². The maximum atomic E-state index is 11.1. The van der Waals surface area contributed by atoms with Crippen LogP contribution in [0.25, 0.3) is 0 Å². The van der Waals surface area contributed by atoms with E-state index < -0.39 is 0 Å². The zero-order valence-corrected chi connectivity index (χ0v) is 10.2. The summed E-state index contributed by atoms with van der Waals surface area (Å²) >= 11 is 3.45. The van der Waals surface area contributed by atoms with E-state index in [2.05, 4.69) is 21.2 Å². The van der Waals surface area contributed by atoms with Crippen LogP contribution in [0.3, 0.4) is 0 Å². The zero-order chi connectivity index (χ0) is 11.4. The molecule has 0 spiro atoms. The summed E-state index contributed by atoms with van der Waals surface area (Å²) in [5.74, 6) is 0.589. The maximum Gasteiger partial charge on any atom is 0.247 e. The number of halogens is 1. The van der Waals surface area contributed by atoms with Crippen LogP contribution in [0.5, 0.6) is 0 Å². The molecule has 16 heavy (non-hydrogen) atoms. The van der Waals surface area contributed by atoms with Gasteiger partial charge in [0.05, 0.1) is 4.83 Å². The minimum Gasteiger partial charge on any atom is -0.492 e. The summed E-state index contributed by atoms with van der Waals surface area (Å²) in [5, 5.41) is 2.72. The summed E-state index contributed by atoms with van der Waals surface area (Å²) < 4.78 is 5.61. The molecular formula is C12H12BrNO2. The molecule has 1 heterocycles. The molecule has 1 aliphatic rings. The molecular weight excluding hydrogens is 270 g/mol. The van der Waals surface area contributed by atoms with Crippen LogP contribution in [-0.2, 0) is 16.1 Å². The van der Waals surface area contributed by atoms with E-state index in [9.17, 15) is 4.79 Å². The van der Waals surface area contributed by atoms with Gasteiger partial charge in [-0.3, -0.25) is 4.79 Å². The molecule has 1 amide bonds. The molecule has 0 saturated heterocycles. The summed E-state index contributed by atoms with van der Waals surface area (Å²) in [6.45, 7) is 1.06. The number of amides is 1. The summed E-state index contributed by atoms with van der Waals surface area (Å²) in [4.78, 5) is 11.2. The Morgan fingerprint density at radius 2 is 2.12 bits per heavy atom. The first-order valence-electron chi connectivity index (χ1n) is 5.06. The average Bonchev–Trinajstić information content (AvgIpc) is 2.32. The molecule has 0 aliphatic carbocycles. The second-order valence-electron chi connectivity index (χ2n) is 3.53. The Balaban J connectivity index is 1.97. The van der Waals surface area contributed by atoms with E-state index in [4.69, 9.17) is 4.74 Å². The normalized spacial score (nSPS) is 19.9. The number of carbonyl (C=O) groups excluding carboxylic acids is 1. The van der Waals surface area contributed by atoms with Gasteiger partial charge in [0.15, 0.2) is 0 Å². The van der Waals surface area contributed by atoms with Crippen LogP contribution in [-0.4, -0.2) is 17.3 Å². The molecule has 4 heteroatoms. The zero-order valence-electron chi connectivity index (χ0n) is 8.65. The molecule has 0 saturated carbocycles. The lowest BCUT2D eigenvalue weighted by Gasteiger charge is -2.20. The summed E-state index contributed by atoms with van der Waals surface area (Å²) in [7, 11) is 0. The highest BCUT2D eigenvalue weighted by atomic mass is 79.9. The number of hydrogen-bond donors (Lipinski definition) is 1. The number of ether oxygens (including phenoxy) is 1. The molecule has 1 aliphatic heterocycles. The average molecular weight is 282 g/mol. The fourth-order valence-corrected chi connectivity index (χ4v) is 1.86. The first-order chi connectivity index (χ1) is 7.75. The van der Waals surface area contributed by atoms with Crippen molar-refractivity contribution in [2.24, 2.45) is 0 Å². The molecule has 1 N–H and O–H groups in total. The van der Waals surface area contributed by atoms with Crippen LogP contribution in [0.4, 0.5) is 0 Å². The predicted octanol–water partition coefficient (Wildman–Crippen LogP) is 1.98. The van der Waals surface area contributed by atoms with Crippen molar-refractivity contribution in [3.05, 3.63) is 47.7 Å². The van der Waals surface area contributed by atoms with Gasteiger partial charge in [-0.15, -0.1) is 0 Å². The lowest BCUT2D eigenvalue weighted by atomic mass is 10.2. The Kier molecular flexibility index (Phi) is 3.62. The van der Waals surface area contributed by atoms with Gasteiger partial charge in [-0.2, -0.15) is 0 Å². The van der Waals surface area contributed by atoms with Gasteiger partial charge in [-0.05, 0) is 5.56 Å². The summed E-state index contributed by atoms with van der Waals surface area (Å²) in [6, 6.07) is 9.88. The van der Waals surface area contributed by atoms with Gasteiger partial charge in [0, 0.05) is 12.6 Å². The van der Waals surface area contributed by atoms with E-state index >= 15 is 0 Å². The van der Waals surface area contributed by atoms with Crippen LogP contribution in [0.1, 0.15) is 5.56 Å². The van der Waals surface area contributed by atoms with E-state index in [1.165, 1.54) is 6.08 Å². The highest BCUT2D eigenvalue weighted by molar-refractivity contribution is 9.09. The van der Waals surface area contributed by atoms with Crippen molar-refractivity contribution in [3.63, 3.8) is 0 Å². The molecule has 0 bridgehead atoms. The monoisotopic (exact) mass is 281 g/mol. The second-order valence-corrected chi connectivity index (χ2v) is 4.64. The number of hydrogen-bond acceptors (Lipinski definition) is 2. The maximum absolute atomic E-state index is 11.1. The van der Waals surface area contributed by atoms with Crippen LogP contribution in [0.15, 0.2) is 42.2 Å². The number of carbonyl (C=O) groups is 1. The van der Waals surface area contributed by atoms with Crippen molar-refractivity contribution in [3.8, 4) is 0 Å². The lowest BCUT2D eigenvalue weighted by molar-refractivity contribution is -0.117. The third-order valence-electron chi connectivity index (χ3n) is 2.29. The fourth-order valence-electron chi connectivity index (χ4n) is 1.43. The number of nitrogens with one attached hydrogen (secondary N) is 1. The van der Waals surface area contributed by atoms with E-state index in [0.29, 0.717) is 18.9 Å². The lowest BCUT2D eigenvalue weighted by Crippen LogP contribution is -2.34. The first-order valence-corrected chi connectivity index (χ1v) is 5.97. The van der Waals surface area contributed by atoms with Gasteiger partial charge in [0.1, 0.15) is 12.4 Å². The van der Waals surface area contributed by atoms with Gasteiger partial charge in [0.25, 0.3) is 0 Å². The Morgan fingerprint density at radius 3 is 2.88 bits per heavy atom. The van der Waals surface area contributed by atoms with Crippen molar-refractivity contribution < 1.29 is 9.53 Å². The number of benzene rings is 1. The van der Waals surface area contributed by atoms with Crippen LogP contribution >= 0.6 is 15.9 Å². The standard InChI is InChI=1S/C12H12BrNO2/c13-10-7-14-12(15)6-11(10)16-8-9-4-2-1-3-5-9/h1-6,10H,7-8H2,(H,14,15). The molecule has 84 valence electrons. The largest absolute Gasteiger partial charge is 0.492 e. The SMILES string of the molecule is O=C1C=C(OCc2ccccc2)C(Br)CN1. The van der Waals surface area contributed by atoms with Gasteiger partial charge < -0.3 is 10.1 Å². The first kappa shape index (κ1) is 11.2. The molecule has 0 aromatic heterocycles. The smallest absolute Gasteiger partial charge is 0.247 e. The van der Waals surface area contributed by atoms with E-state index in [-0.39, 0.29) is 10.7 Å². The molecule has 0 fully saturated rings. The van der Waals surface area contributed by atoms with Crippen LogP contribution in [0.2, 0.25) is 0 Å². The van der Waals surface area contributed by atoms with Gasteiger partial charge in [-0.25, -0.2) is 0 Å². The van der Waals surface area contributed by atoms with Crippen molar-refractivity contribution in [2.45, 2.75) is 11.4 Å². The molecule has 1 unspecified atom stereocenters. The van der Waals surface area contributed by atoms with E-state index in [1.807, 2.05) is 30.3 Å². The highest BCUT2D eigenvalue weighted by Crippen LogP contribution is 2.17. The highest BCUT2D eigenvalue weighted by Gasteiger charge is 2.19. The summed E-state index contributed by atoms with van der Waals surface area (Å²) in [5.41, 5.74) is 1.09. The number of rotatable bonds is 3. The Bertz CT molecular complexity index is 403. The molecule has 3 nitrogen and oxygen atoms in total. The second kappa shape index (κ2) is 5.16. The molecule has 1 aromatic rings.